The topological polar surface area (TPSA) is 86.8 Å². The summed E-state index contributed by atoms with van der Waals surface area (Å²) < 4.78 is 11.3. The van der Waals surface area contributed by atoms with E-state index < -0.39 is 0 Å². The maximum atomic E-state index is 8.33. The molecule has 9 heteroatoms. The molecule has 0 amide bonds. The van der Waals surface area contributed by atoms with Gasteiger partial charge in [-0.3, -0.25) is 10.3 Å². The van der Waals surface area contributed by atoms with Gasteiger partial charge >= 0.3 is 0 Å². The van der Waals surface area contributed by atoms with Crippen molar-refractivity contribution in [2.24, 2.45) is 0 Å². The summed E-state index contributed by atoms with van der Waals surface area (Å²) in [6.07, 6.45) is 0.887. The number of morpholine rings is 1. The Labute approximate surface area is 231 Å². The fraction of sp³-hybridized carbons (Fsp3) is 0.370. The largest absolute Gasteiger partial charge is 0.494 e. The number of nitrogens with zero attached hydrogens (tertiary/aromatic N) is 2. The number of anilines is 3. The number of nitrogens with one attached hydrogen (secondary N) is 2. The Bertz CT molecular complexity index is 1100. The van der Waals surface area contributed by atoms with Gasteiger partial charge in [0.2, 0.25) is 0 Å². The minimum Gasteiger partial charge on any atom is -0.494 e. The van der Waals surface area contributed by atoms with Crippen LogP contribution in [0.3, 0.4) is 0 Å². The van der Waals surface area contributed by atoms with Gasteiger partial charge in [0.05, 0.1) is 40.1 Å². The van der Waals surface area contributed by atoms with Crippen molar-refractivity contribution in [2.75, 3.05) is 62.0 Å². The highest BCUT2D eigenvalue weighted by atomic mass is 127. The Kier molecular flexibility index (Phi) is 9.85. The molecular weight excluding hydrogens is 585 g/mol. The highest BCUT2D eigenvalue weighted by Gasteiger charge is 2.21. The van der Waals surface area contributed by atoms with Crippen molar-refractivity contribution in [2.45, 2.75) is 17.4 Å². The average molecular weight is 620 g/mol. The number of hydrogen-bond acceptors (Lipinski definition) is 7. The number of halogens is 1. The van der Waals surface area contributed by atoms with Gasteiger partial charge in [0.1, 0.15) is 11.6 Å². The van der Waals surface area contributed by atoms with Crippen LogP contribution in [0.2, 0.25) is 0 Å². The third-order valence-electron chi connectivity index (χ3n) is 6.11. The lowest BCUT2D eigenvalue weighted by atomic mass is 10.1. The zero-order valence-electron chi connectivity index (χ0n) is 20.6. The standard InChI is InChI=1S/C27H34IN5O2S/c1-2-35-22-8-5-20(6-9-22)18-26(28)33(12-11-32-13-15-34-16-14-32)24-10-7-21(19-23(24)29)31-27(30)25-4-3-17-36-25/h3-10,17,19,26H,2,11-16,18,29H2,1H3,(H2,30,31). The number of hydrogen-bond donors (Lipinski definition) is 3. The minimum absolute atomic E-state index is 0.215. The molecule has 4 rings (SSSR count). The van der Waals surface area contributed by atoms with E-state index in [-0.39, 0.29) is 4.05 Å². The second-order valence-corrected chi connectivity index (χ2v) is 11.0. The molecule has 1 aliphatic heterocycles. The normalized spacial score (nSPS) is 14.8. The first kappa shape index (κ1) is 26.7. The number of alkyl halides is 1. The first-order valence-corrected chi connectivity index (χ1v) is 14.4. The van der Waals surface area contributed by atoms with Crippen molar-refractivity contribution in [3.63, 3.8) is 0 Å². The lowest BCUT2D eigenvalue weighted by Gasteiger charge is -2.35. The Morgan fingerprint density at radius 1 is 1.22 bits per heavy atom. The molecule has 2 aromatic carbocycles. The number of nitrogen functional groups attached to an aromatic ring is 1. The van der Waals surface area contributed by atoms with Crippen molar-refractivity contribution in [3.05, 3.63) is 70.4 Å². The molecule has 1 aliphatic rings. The van der Waals surface area contributed by atoms with Gasteiger partial charge in [0, 0.05) is 38.3 Å². The predicted octanol–water partition coefficient (Wildman–Crippen LogP) is 5.31. The molecule has 0 spiro atoms. The summed E-state index contributed by atoms with van der Waals surface area (Å²) in [6.45, 7) is 7.99. The van der Waals surface area contributed by atoms with E-state index in [1.807, 2.05) is 48.7 Å². The molecule has 0 bridgehead atoms. The van der Waals surface area contributed by atoms with Gasteiger partial charge in [-0.2, -0.15) is 0 Å². The molecule has 1 saturated heterocycles. The number of amidine groups is 1. The van der Waals surface area contributed by atoms with Crippen molar-refractivity contribution in [1.29, 1.82) is 5.41 Å². The van der Waals surface area contributed by atoms with Crippen LogP contribution in [0.15, 0.2) is 60.0 Å². The van der Waals surface area contributed by atoms with Gasteiger partial charge in [-0.25, -0.2) is 0 Å². The summed E-state index contributed by atoms with van der Waals surface area (Å²) in [5.41, 5.74) is 10.4. The summed E-state index contributed by atoms with van der Waals surface area (Å²) in [5.74, 6) is 1.28. The zero-order chi connectivity index (χ0) is 25.3. The fourth-order valence-electron chi connectivity index (χ4n) is 4.20. The SMILES string of the molecule is CCOc1ccc(CC(I)N(CCN2CCOCC2)c2ccc(NC(=N)c3cccs3)cc2N)cc1. The lowest BCUT2D eigenvalue weighted by Crippen LogP contribution is -2.43. The van der Waals surface area contributed by atoms with E-state index in [1.54, 1.807) is 11.3 Å². The molecule has 0 aliphatic carbocycles. The van der Waals surface area contributed by atoms with Crippen LogP contribution in [0.5, 0.6) is 5.75 Å². The minimum atomic E-state index is 0.215. The second-order valence-electron chi connectivity index (χ2n) is 8.61. The second kappa shape index (κ2) is 13.3. The van der Waals surface area contributed by atoms with E-state index in [1.165, 1.54) is 5.56 Å². The molecule has 0 radical (unpaired) electrons. The van der Waals surface area contributed by atoms with Crippen LogP contribution >= 0.6 is 33.9 Å². The van der Waals surface area contributed by atoms with E-state index in [2.05, 4.69) is 55.9 Å². The molecule has 2 heterocycles. The molecule has 0 saturated carbocycles. The molecule has 1 fully saturated rings. The number of benzene rings is 2. The van der Waals surface area contributed by atoms with E-state index >= 15 is 0 Å². The Morgan fingerprint density at radius 3 is 2.67 bits per heavy atom. The predicted molar refractivity (Wildman–Crippen MR) is 159 cm³/mol. The summed E-state index contributed by atoms with van der Waals surface area (Å²) in [7, 11) is 0. The van der Waals surface area contributed by atoms with Crippen LogP contribution in [0, 0.1) is 5.41 Å². The van der Waals surface area contributed by atoms with E-state index in [9.17, 15) is 0 Å². The van der Waals surface area contributed by atoms with Crippen LogP contribution in [0.1, 0.15) is 17.4 Å². The van der Waals surface area contributed by atoms with Crippen LogP contribution in [0.4, 0.5) is 17.1 Å². The van der Waals surface area contributed by atoms with E-state index in [0.717, 1.165) is 67.8 Å². The van der Waals surface area contributed by atoms with Crippen molar-refractivity contribution < 1.29 is 9.47 Å². The molecule has 192 valence electrons. The van der Waals surface area contributed by atoms with Crippen LogP contribution < -0.4 is 20.7 Å². The van der Waals surface area contributed by atoms with Gasteiger partial charge in [-0.1, -0.05) is 40.8 Å². The quantitative estimate of drug-likeness (QED) is 0.0674. The van der Waals surface area contributed by atoms with Crippen LogP contribution in [-0.4, -0.2) is 60.8 Å². The molecular formula is C27H34IN5O2S. The highest BCUT2D eigenvalue weighted by molar-refractivity contribution is 14.1. The molecule has 1 unspecified atom stereocenters. The first-order valence-electron chi connectivity index (χ1n) is 12.2. The molecule has 1 aromatic heterocycles. The van der Waals surface area contributed by atoms with Gasteiger partial charge in [0.25, 0.3) is 0 Å². The summed E-state index contributed by atoms with van der Waals surface area (Å²) in [5, 5.41) is 13.5. The first-order chi connectivity index (χ1) is 17.5. The monoisotopic (exact) mass is 619 g/mol. The molecule has 7 nitrogen and oxygen atoms in total. The van der Waals surface area contributed by atoms with Crippen LogP contribution in [-0.2, 0) is 11.2 Å². The smallest absolute Gasteiger partial charge is 0.140 e. The summed E-state index contributed by atoms with van der Waals surface area (Å²) in [4.78, 5) is 5.74. The van der Waals surface area contributed by atoms with E-state index in [0.29, 0.717) is 18.1 Å². The van der Waals surface area contributed by atoms with Gasteiger partial charge < -0.3 is 25.4 Å². The van der Waals surface area contributed by atoms with Gasteiger partial charge in [0.15, 0.2) is 0 Å². The number of rotatable bonds is 11. The van der Waals surface area contributed by atoms with Crippen molar-refractivity contribution in [1.82, 2.24) is 4.90 Å². The van der Waals surface area contributed by atoms with Crippen molar-refractivity contribution >= 4 is 56.8 Å². The van der Waals surface area contributed by atoms with Gasteiger partial charge in [-0.05, 0) is 54.3 Å². The third kappa shape index (κ3) is 7.34. The summed E-state index contributed by atoms with van der Waals surface area (Å²) in [6, 6.07) is 18.3. The Morgan fingerprint density at radius 2 is 2.00 bits per heavy atom. The fourth-order valence-corrected chi connectivity index (χ4v) is 5.92. The van der Waals surface area contributed by atoms with E-state index in [4.69, 9.17) is 20.6 Å². The molecule has 36 heavy (non-hydrogen) atoms. The Hall–Kier alpha value is -2.34. The van der Waals surface area contributed by atoms with Crippen molar-refractivity contribution in [3.8, 4) is 5.75 Å². The zero-order valence-corrected chi connectivity index (χ0v) is 23.6. The average Bonchev–Trinajstić information content (AvgIpc) is 3.43. The molecule has 4 N–H and O–H groups in total. The number of nitrogens with two attached hydrogens (primary N) is 1. The number of thiophene rings is 1. The maximum absolute atomic E-state index is 8.33. The maximum Gasteiger partial charge on any atom is 0.140 e. The van der Waals surface area contributed by atoms with Crippen LogP contribution in [0.25, 0.3) is 0 Å². The lowest BCUT2D eigenvalue weighted by molar-refractivity contribution is 0.0391. The highest BCUT2D eigenvalue weighted by Crippen LogP contribution is 2.31. The molecule has 3 aromatic rings. The Balaban J connectivity index is 1.50. The van der Waals surface area contributed by atoms with Gasteiger partial charge in [-0.15, -0.1) is 11.3 Å². The molecule has 1 atom stereocenters. The third-order valence-corrected chi connectivity index (χ3v) is 8.11. The summed E-state index contributed by atoms with van der Waals surface area (Å²) >= 11 is 4.07. The number of ether oxygens (including phenoxy) is 2.